The molecule has 2 amide bonds. The summed E-state index contributed by atoms with van der Waals surface area (Å²) < 4.78 is 5.69. The number of benzene rings is 4. The fourth-order valence-corrected chi connectivity index (χ4v) is 4.54. The predicted molar refractivity (Wildman–Crippen MR) is 144 cm³/mol. The molecule has 0 aliphatic carbocycles. The van der Waals surface area contributed by atoms with Gasteiger partial charge < -0.3 is 4.74 Å². The van der Waals surface area contributed by atoms with Crippen LogP contribution in [-0.4, -0.2) is 23.6 Å². The maximum atomic E-state index is 13.3. The number of amides is 2. The molecule has 188 valence electrons. The van der Waals surface area contributed by atoms with Crippen molar-refractivity contribution in [1.82, 2.24) is 0 Å². The maximum Gasteiger partial charge on any atom is 0.339 e. The highest BCUT2D eigenvalue weighted by Gasteiger charge is 2.38. The Kier molecular flexibility index (Phi) is 6.85. The van der Waals surface area contributed by atoms with Crippen LogP contribution >= 0.6 is 23.2 Å². The molecule has 38 heavy (non-hydrogen) atoms. The minimum absolute atomic E-state index is 0.0226. The number of anilines is 1. The number of fused-ring (bicyclic) bond motifs is 1. The average molecular weight is 544 g/mol. The van der Waals surface area contributed by atoms with Gasteiger partial charge in [-0.05, 0) is 55.0 Å². The highest BCUT2D eigenvalue weighted by molar-refractivity contribution is 6.36. The van der Waals surface area contributed by atoms with E-state index < -0.39 is 29.7 Å². The van der Waals surface area contributed by atoms with Crippen molar-refractivity contribution < 1.29 is 23.9 Å². The highest BCUT2D eigenvalue weighted by atomic mass is 35.5. The molecular formula is C30H19Cl2NO5. The van der Waals surface area contributed by atoms with E-state index in [2.05, 4.69) is 0 Å². The SMILES string of the molecule is Cc1ccc(Cl)cc1N1C(=O)c2ccc(C(=O)O[C@H](C(=O)c3ccccc3)c3ccc(Cl)cc3)cc2C1=O. The molecule has 0 N–H and O–H groups in total. The minimum Gasteiger partial charge on any atom is -0.445 e. The van der Waals surface area contributed by atoms with Crippen LogP contribution in [0.4, 0.5) is 5.69 Å². The lowest BCUT2D eigenvalue weighted by atomic mass is 9.99. The molecule has 0 saturated heterocycles. The van der Waals surface area contributed by atoms with E-state index in [1.54, 1.807) is 79.7 Å². The zero-order valence-corrected chi connectivity index (χ0v) is 21.5. The molecule has 1 atom stereocenters. The fourth-order valence-electron chi connectivity index (χ4n) is 4.25. The topological polar surface area (TPSA) is 80.8 Å². The second-order valence-corrected chi connectivity index (χ2v) is 9.58. The minimum atomic E-state index is -1.25. The third-order valence-corrected chi connectivity index (χ3v) is 6.72. The number of carbonyl (C=O) groups is 4. The molecule has 1 heterocycles. The van der Waals surface area contributed by atoms with Crippen LogP contribution in [0.25, 0.3) is 0 Å². The molecular weight excluding hydrogens is 525 g/mol. The van der Waals surface area contributed by atoms with Crippen molar-refractivity contribution in [2.24, 2.45) is 0 Å². The van der Waals surface area contributed by atoms with Crippen LogP contribution in [0.2, 0.25) is 10.0 Å². The molecule has 0 spiro atoms. The largest absolute Gasteiger partial charge is 0.445 e. The van der Waals surface area contributed by atoms with E-state index >= 15 is 0 Å². The number of hydrogen-bond acceptors (Lipinski definition) is 5. The molecule has 1 aliphatic heterocycles. The number of carbonyl (C=O) groups excluding carboxylic acids is 4. The molecule has 0 radical (unpaired) electrons. The second kappa shape index (κ2) is 10.2. The molecule has 1 aliphatic rings. The summed E-state index contributed by atoms with van der Waals surface area (Å²) in [5, 5.41) is 0.843. The van der Waals surface area contributed by atoms with Gasteiger partial charge in [0, 0.05) is 21.2 Å². The summed E-state index contributed by atoms with van der Waals surface area (Å²) in [6.07, 6.45) is -1.25. The van der Waals surface area contributed by atoms with Gasteiger partial charge in [-0.1, -0.05) is 71.7 Å². The van der Waals surface area contributed by atoms with Gasteiger partial charge >= 0.3 is 5.97 Å². The van der Waals surface area contributed by atoms with Crippen LogP contribution in [0.1, 0.15) is 58.7 Å². The van der Waals surface area contributed by atoms with Crippen LogP contribution in [0, 0.1) is 6.92 Å². The Morgan fingerprint density at radius 3 is 2.11 bits per heavy atom. The number of ketones is 1. The van der Waals surface area contributed by atoms with Crippen LogP contribution in [0.5, 0.6) is 0 Å². The first-order valence-corrected chi connectivity index (χ1v) is 12.3. The van der Waals surface area contributed by atoms with Crippen molar-refractivity contribution in [3.05, 3.63) is 134 Å². The van der Waals surface area contributed by atoms with Gasteiger partial charge in [0.2, 0.25) is 5.78 Å². The van der Waals surface area contributed by atoms with Gasteiger partial charge in [-0.2, -0.15) is 0 Å². The van der Waals surface area contributed by atoms with E-state index in [0.717, 1.165) is 4.90 Å². The Balaban J connectivity index is 1.46. The van der Waals surface area contributed by atoms with Crippen molar-refractivity contribution in [1.29, 1.82) is 0 Å². The van der Waals surface area contributed by atoms with Gasteiger partial charge in [-0.15, -0.1) is 0 Å². The van der Waals surface area contributed by atoms with Crippen molar-refractivity contribution in [3.63, 3.8) is 0 Å². The quantitative estimate of drug-likeness (QED) is 0.150. The predicted octanol–water partition coefficient (Wildman–Crippen LogP) is 6.88. The zero-order valence-electron chi connectivity index (χ0n) is 20.0. The van der Waals surface area contributed by atoms with Gasteiger partial charge in [-0.3, -0.25) is 14.4 Å². The Morgan fingerprint density at radius 2 is 1.39 bits per heavy atom. The standard InChI is InChI=1S/C30H19Cl2NO5/c1-17-7-11-22(32)16-25(17)33-28(35)23-14-10-20(15-24(23)29(33)36)30(37)38-27(19-8-12-21(31)13-9-19)26(34)18-5-3-2-4-6-18/h2-16,27H,1H3/t27-/m0/s1. The monoisotopic (exact) mass is 543 g/mol. The molecule has 4 aromatic rings. The van der Waals surface area contributed by atoms with Crippen LogP contribution < -0.4 is 4.90 Å². The fraction of sp³-hybridized carbons (Fsp3) is 0.0667. The number of nitrogens with zero attached hydrogens (tertiary/aromatic N) is 1. The van der Waals surface area contributed by atoms with Crippen molar-refractivity contribution >= 4 is 52.5 Å². The van der Waals surface area contributed by atoms with Crippen molar-refractivity contribution in [3.8, 4) is 0 Å². The molecule has 6 nitrogen and oxygen atoms in total. The Labute approximate surface area is 228 Å². The lowest BCUT2D eigenvalue weighted by Crippen LogP contribution is -2.30. The Morgan fingerprint density at radius 1 is 0.737 bits per heavy atom. The summed E-state index contributed by atoms with van der Waals surface area (Å²) in [4.78, 5) is 53.9. The van der Waals surface area contributed by atoms with E-state index in [0.29, 0.717) is 32.4 Å². The third-order valence-electron chi connectivity index (χ3n) is 6.23. The first kappa shape index (κ1) is 25.4. The molecule has 4 aromatic carbocycles. The number of ether oxygens (including phenoxy) is 1. The van der Waals surface area contributed by atoms with E-state index in [1.807, 2.05) is 0 Å². The summed E-state index contributed by atoms with van der Waals surface area (Å²) in [5.41, 5.74) is 2.09. The summed E-state index contributed by atoms with van der Waals surface area (Å²) in [5.74, 6) is -2.35. The molecule has 0 aromatic heterocycles. The highest BCUT2D eigenvalue weighted by Crippen LogP contribution is 2.33. The van der Waals surface area contributed by atoms with E-state index in [9.17, 15) is 19.2 Å². The van der Waals surface area contributed by atoms with Gasteiger partial charge in [0.25, 0.3) is 11.8 Å². The number of aryl methyl sites for hydroxylation is 1. The van der Waals surface area contributed by atoms with Gasteiger partial charge in [0.1, 0.15) is 0 Å². The molecule has 0 saturated carbocycles. The summed E-state index contributed by atoms with van der Waals surface area (Å²) in [6, 6.07) is 23.9. The molecule has 0 bridgehead atoms. The smallest absolute Gasteiger partial charge is 0.339 e. The molecule has 5 rings (SSSR count). The van der Waals surface area contributed by atoms with Crippen LogP contribution in [0.15, 0.2) is 91.0 Å². The van der Waals surface area contributed by atoms with Crippen molar-refractivity contribution in [2.45, 2.75) is 13.0 Å². The van der Waals surface area contributed by atoms with Crippen LogP contribution in [0.3, 0.4) is 0 Å². The number of halogens is 2. The Hall–Kier alpha value is -4.26. The van der Waals surface area contributed by atoms with Gasteiger partial charge in [0.15, 0.2) is 6.10 Å². The van der Waals surface area contributed by atoms with E-state index in [4.69, 9.17) is 27.9 Å². The lowest BCUT2D eigenvalue weighted by molar-refractivity contribution is 0.0280. The normalized spacial score (nSPS) is 13.3. The second-order valence-electron chi connectivity index (χ2n) is 8.70. The summed E-state index contributed by atoms with van der Waals surface area (Å²) in [6.45, 7) is 1.76. The first-order valence-electron chi connectivity index (χ1n) is 11.6. The summed E-state index contributed by atoms with van der Waals surface area (Å²) >= 11 is 12.1. The Bertz CT molecular complexity index is 1600. The van der Waals surface area contributed by atoms with Crippen LogP contribution in [-0.2, 0) is 4.74 Å². The maximum absolute atomic E-state index is 13.3. The van der Waals surface area contributed by atoms with E-state index in [-0.39, 0.29) is 16.7 Å². The van der Waals surface area contributed by atoms with E-state index in [1.165, 1.54) is 18.2 Å². The molecule has 0 unspecified atom stereocenters. The number of Topliss-reactive ketones (excluding diaryl/α,β-unsaturated/α-hetero) is 1. The lowest BCUT2D eigenvalue weighted by Gasteiger charge is -2.18. The average Bonchev–Trinajstić information content (AvgIpc) is 3.18. The van der Waals surface area contributed by atoms with Gasteiger partial charge in [-0.25, -0.2) is 9.69 Å². The van der Waals surface area contributed by atoms with Gasteiger partial charge in [0.05, 0.1) is 22.4 Å². The van der Waals surface area contributed by atoms with Crippen molar-refractivity contribution in [2.75, 3.05) is 4.90 Å². The number of hydrogen-bond donors (Lipinski definition) is 0. The molecule has 0 fully saturated rings. The zero-order chi connectivity index (χ0) is 27.0. The summed E-state index contributed by atoms with van der Waals surface area (Å²) in [7, 11) is 0. The molecule has 8 heteroatoms. The number of imide groups is 1. The number of rotatable bonds is 6. The first-order chi connectivity index (χ1) is 18.2. The third kappa shape index (κ3) is 4.72. The number of esters is 1.